The Kier molecular flexibility index (Phi) is 5.04. The first-order valence-electron chi connectivity index (χ1n) is 1.29. The van der Waals surface area contributed by atoms with Crippen LogP contribution in [-0.4, -0.2) is 16.2 Å². The molecule has 0 aliphatic heterocycles. The molecule has 0 aromatic heterocycles. The topological polar surface area (TPSA) is 17.1 Å². The van der Waals surface area contributed by atoms with E-state index in [2.05, 4.69) is 0 Å². The lowest BCUT2D eigenvalue weighted by Crippen LogP contribution is -1.43. The zero-order chi connectivity index (χ0) is 4.83. The zero-order valence-corrected chi connectivity index (χ0v) is 4.94. The standard InChI is InChI=1S/C3H4OS2/c1-5-3-6-2-4/h3H,1H3. The summed E-state index contributed by atoms with van der Waals surface area (Å²) in [5.41, 5.74) is 0. The summed E-state index contributed by atoms with van der Waals surface area (Å²) in [6.07, 6.45) is 1.89. The molecule has 0 saturated carbocycles. The Labute approximate surface area is 44.3 Å². The van der Waals surface area contributed by atoms with Crippen LogP contribution in [0.15, 0.2) is 0 Å². The second-order valence-electron chi connectivity index (χ2n) is 0.533. The van der Waals surface area contributed by atoms with Gasteiger partial charge in [0.2, 0.25) is 0 Å². The molecule has 34 valence electrons. The molecule has 0 saturated heterocycles. The molecule has 0 spiro atoms. The smallest absolute Gasteiger partial charge is 0.191 e. The summed E-state index contributed by atoms with van der Waals surface area (Å²) in [4.78, 5) is 9.36. The Bertz CT molecular complexity index is 97.4. The zero-order valence-electron chi connectivity index (χ0n) is 3.30. The molecule has 3 heteroatoms. The third-order valence-corrected chi connectivity index (χ3v) is 1.44. The summed E-state index contributed by atoms with van der Waals surface area (Å²) < 4.78 is 1.72. The van der Waals surface area contributed by atoms with Gasteiger partial charge in [0.05, 0.1) is 0 Å². The fourth-order valence-corrected chi connectivity index (χ4v) is 0.610. The predicted molar refractivity (Wildman–Crippen MR) is 32.9 cm³/mol. The van der Waals surface area contributed by atoms with E-state index in [4.69, 9.17) is 0 Å². The van der Waals surface area contributed by atoms with Gasteiger partial charge in [0.25, 0.3) is 0 Å². The summed E-state index contributed by atoms with van der Waals surface area (Å²) in [5.74, 6) is 0. The van der Waals surface area contributed by atoms with E-state index in [1.54, 1.807) is 9.93 Å². The van der Waals surface area contributed by atoms with Gasteiger partial charge in [-0.3, -0.25) is 0 Å². The molecular weight excluding hydrogens is 116 g/mol. The minimum atomic E-state index is 1.04. The maximum absolute atomic E-state index is 9.36. The van der Waals surface area contributed by atoms with Crippen molar-refractivity contribution in [3.63, 3.8) is 0 Å². The molecule has 0 aromatic rings. The van der Waals surface area contributed by atoms with E-state index in [0.717, 1.165) is 10.9 Å². The number of hydrogen-bond donors (Lipinski definition) is 0. The highest BCUT2D eigenvalue weighted by atomic mass is 32.2. The fourth-order valence-electron chi connectivity index (χ4n) is 0.0678. The number of hydrogen-bond acceptors (Lipinski definition) is 2. The quantitative estimate of drug-likeness (QED) is 0.478. The molecule has 0 bridgehead atoms. The minimum absolute atomic E-state index is 1.04. The highest BCUT2D eigenvalue weighted by Crippen LogP contribution is 1.81. The molecule has 0 radical (unpaired) electrons. The summed E-state index contributed by atoms with van der Waals surface area (Å²) in [7, 11) is 1.04. The molecule has 0 N–H and O–H groups in total. The van der Waals surface area contributed by atoms with Crippen LogP contribution in [0.2, 0.25) is 0 Å². The lowest BCUT2D eigenvalue weighted by atomic mass is 11.9. The second-order valence-corrected chi connectivity index (χ2v) is 2.18. The predicted octanol–water partition coefficient (Wildman–Crippen LogP) is 0.909. The average Bonchev–Trinajstić information content (AvgIpc) is 1.61. The van der Waals surface area contributed by atoms with Gasteiger partial charge in [-0.15, -0.1) is 11.8 Å². The molecule has 0 unspecified atom stereocenters. The Balaban J connectivity index is 3.47. The van der Waals surface area contributed by atoms with Gasteiger partial charge in [-0.2, -0.15) is 0 Å². The Morgan fingerprint density at radius 1 is 1.83 bits per heavy atom. The van der Waals surface area contributed by atoms with E-state index < -0.39 is 0 Å². The minimum Gasteiger partial charge on any atom is -0.221 e. The van der Waals surface area contributed by atoms with Crippen LogP contribution in [0.4, 0.5) is 0 Å². The first-order valence-corrected chi connectivity index (χ1v) is 3.46. The van der Waals surface area contributed by atoms with Crippen LogP contribution in [0.5, 0.6) is 0 Å². The average molecular weight is 120 g/mol. The van der Waals surface area contributed by atoms with Gasteiger partial charge in [0, 0.05) is 4.70 Å². The Morgan fingerprint density at radius 3 is 2.67 bits per heavy atom. The Hall–Kier alpha value is 0.0200. The first kappa shape index (κ1) is 6.02. The van der Waals surface area contributed by atoms with Crippen molar-refractivity contribution >= 4 is 32.6 Å². The van der Waals surface area contributed by atoms with Gasteiger partial charge in [0.15, 0.2) is 5.23 Å². The van der Waals surface area contributed by atoms with Crippen LogP contribution in [0.3, 0.4) is 0 Å². The van der Waals surface area contributed by atoms with Crippen molar-refractivity contribution in [3.05, 3.63) is 0 Å². The SMILES string of the molecule is CSC=S=C=O. The van der Waals surface area contributed by atoms with Gasteiger partial charge in [-0.25, -0.2) is 4.79 Å². The van der Waals surface area contributed by atoms with Crippen LogP contribution in [0.1, 0.15) is 0 Å². The summed E-state index contributed by atoms with van der Waals surface area (Å²) in [5, 5.41) is 1.66. The van der Waals surface area contributed by atoms with Crippen molar-refractivity contribution in [2.24, 2.45) is 0 Å². The van der Waals surface area contributed by atoms with E-state index in [1.165, 1.54) is 11.8 Å². The molecule has 0 aliphatic carbocycles. The van der Waals surface area contributed by atoms with Crippen molar-refractivity contribution in [2.75, 3.05) is 6.26 Å². The molecule has 0 atom stereocenters. The number of rotatable bonds is 1. The van der Waals surface area contributed by atoms with Crippen molar-refractivity contribution in [2.45, 2.75) is 0 Å². The molecule has 0 heterocycles. The van der Waals surface area contributed by atoms with E-state index in [0.29, 0.717) is 0 Å². The van der Waals surface area contributed by atoms with Crippen LogP contribution < -0.4 is 0 Å². The molecule has 1 nitrogen and oxygen atoms in total. The second kappa shape index (κ2) is 5.02. The maximum Gasteiger partial charge on any atom is 0.191 e. The van der Waals surface area contributed by atoms with Gasteiger partial charge >= 0.3 is 0 Å². The van der Waals surface area contributed by atoms with E-state index in [1.807, 2.05) is 6.26 Å². The highest BCUT2D eigenvalue weighted by molar-refractivity contribution is 8.23. The van der Waals surface area contributed by atoms with Crippen LogP contribution in [-0.2, 0) is 4.79 Å². The summed E-state index contributed by atoms with van der Waals surface area (Å²) in [6.45, 7) is 0. The van der Waals surface area contributed by atoms with E-state index >= 15 is 0 Å². The lowest BCUT2D eigenvalue weighted by molar-refractivity contribution is 0.572. The fraction of sp³-hybridized carbons (Fsp3) is 0.333. The van der Waals surface area contributed by atoms with Gasteiger partial charge in [-0.1, -0.05) is 10.9 Å². The molecule has 0 aromatic carbocycles. The van der Waals surface area contributed by atoms with Crippen LogP contribution in [0, 0.1) is 0 Å². The normalized spacial score (nSPS) is 6.17. The summed E-state index contributed by atoms with van der Waals surface area (Å²) in [6, 6.07) is 0. The van der Waals surface area contributed by atoms with Crippen LogP contribution in [0.25, 0.3) is 0 Å². The van der Waals surface area contributed by atoms with Crippen molar-refractivity contribution < 1.29 is 4.79 Å². The molecule has 0 aliphatic rings. The third-order valence-electron chi connectivity index (χ3n) is 0.192. The molecule has 0 rings (SSSR count). The monoisotopic (exact) mass is 120 g/mol. The van der Waals surface area contributed by atoms with Gasteiger partial charge < -0.3 is 0 Å². The highest BCUT2D eigenvalue weighted by Gasteiger charge is 1.52. The molecule has 0 fully saturated rings. The van der Waals surface area contributed by atoms with E-state index in [9.17, 15) is 4.79 Å². The molecule has 0 amide bonds. The largest absolute Gasteiger partial charge is 0.221 e. The van der Waals surface area contributed by atoms with Crippen molar-refractivity contribution in [1.29, 1.82) is 0 Å². The Morgan fingerprint density at radius 2 is 2.50 bits per heavy atom. The van der Waals surface area contributed by atoms with Gasteiger partial charge in [0.1, 0.15) is 0 Å². The van der Waals surface area contributed by atoms with Crippen molar-refractivity contribution in [3.8, 4) is 0 Å². The maximum atomic E-state index is 9.36. The number of carbonyl (C=O) groups excluding carboxylic acids is 1. The van der Waals surface area contributed by atoms with E-state index in [-0.39, 0.29) is 0 Å². The lowest BCUT2D eigenvalue weighted by Gasteiger charge is -1.59. The summed E-state index contributed by atoms with van der Waals surface area (Å²) >= 11 is 1.50. The van der Waals surface area contributed by atoms with Gasteiger partial charge in [-0.05, 0) is 6.26 Å². The van der Waals surface area contributed by atoms with Crippen LogP contribution >= 0.6 is 22.7 Å². The molecule has 6 heavy (non-hydrogen) atoms. The number of thioether (sulfide) groups is 1. The van der Waals surface area contributed by atoms with Crippen molar-refractivity contribution in [1.82, 2.24) is 0 Å². The third kappa shape index (κ3) is 4.02. The first-order chi connectivity index (χ1) is 2.91. The molecular formula is C3H4OS2.